The first-order valence-corrected chi connectivity index (χ1v) is 5.61. The molecule has 0 aliphatic heterocycles. The lowest BCUT2D eigenvalue weighted by molar-refractivity contribution is 0.405. The molecule has 0 aliphatic carbocycles. The molecular weight excluding hydrogens is 234 g/mol. The maximum absolute atomic E-state index is 9.75. The molecule has 2 rings (SSSR count). The van der Waals surface area contributed by atoms with Gasteiger partial charge in [0.1, 0.15) is 11.5 Å². The molecule has 6 heteroatoms. The summed E-state index contributed by atoms with van der Waals surface area (Å²) in [5.41, 5.74) is 0.823. The van der Waals surface area contributed by atoms with Gasteiger partial charge in [-0.3, -0.25) is 0 Å². The topological polar surface area (TPSA) is 80.4 Å². The molecule has 2 N–H and O–H groups in total. The van der Waals surface area contributed by atoms with Crippen molar-refractivity contribution in [1.82, 2.24) is 15.5 Å². The molecule has 2 aromatic rings. The Hall–Kier alpha value is -2.08. The highest BCUT2D eigenvalue weighted by Gasteiger charge is 2.03. The highest BCUT2D eigenvalue weighted by molar-refractivity contribution is 5.39. The molecule has 0 aliphatic rings. The van der Waals surface area contributed by atoms with E-state index in [2.05, 4.69) is 20.0 Å². The molecule has 1 aromatic heterocycles. The number of aromatic hydroxyl groups is 1. The third kappa shape index (κ3) is 3.21. The number of ether oxygens (including phenoxy) is 1. The van der Waals surface area contributed by atoms with Crippen LogP contribution < -0.4 is 10.1 Å². The molecule has 96 valence electrons. The Labute approximate surface area is 105 Å². The van der Waals surface area contributed by atoms with Crippen LogP contribution in [0.25, 0.3) is 0 Å². The molecule has 0 spiro atoms. The normalized spacial score (nSPS) is 10.5. The number of nitrogens with zero attached hydrogens (tertiary/aromatic N) is 2. The summed E-state index contributed by atoms with van der Waals surface area (Å²) in [5.74, 6) is 1.53. The lowest BCUT2D eigenvalue weighted by Gasteiger charge is -2.07. The second-order valence-electron chi connectivity index (χ2n) is 3.77. The predicted octanol–water partition coefficient (Wildman–Crippen LogP) is 1.12. The van der Waals surface area contributed by atoms with Gasteiger partial charge in [0.15, 0.2) is 5.82 Å². The molecule has 1 aromatic carbocycles. The van der Waals surface area contributed by atoms with E-state index in [1.807, 2.05) is 12.1 Å². The number of phenolic OH excluding ortho intramolecular Hbond substituents is 1. The second kappa shape index (κ2) is 6.02. The van der Waals surface area contributed by atoms with Gasteiger partial charge in [0, 0.05) is 31.1 Å². The Morgan fingerprint density at radius 1 is 1.44 bits per heavy atom. The van der Waals surface area contributed by atoms with Gasteiger partial charge in [-0.25, -0.2) is 0 Å². The average Bonchev–Trinajstić information content (AvgIpc) is 2.89. The van der Waals surface area contributed by atoms with E-state index in [0.29, 0.717) is 31.1 Å². The minimum Gasteiger partial charge on any atom is -0.507 e. The standard InChI is InChI=1S/C12H15N3O3/c1-17-10-3-2-9(11(16)6-10)7-13-5-4-12-14-8-18-15-12/h2-3,6,8,13,16H,4-5,7H2,1H3. The van der Waals surface area contributed by atoms with E-state index < -0.39 is 0 Å². The first-order chi connectivity index (χ1) is 8.79. The lowest BCUT2D eigenvalue weighted by Crippen LogP contribution is -2.17. The molecule has 18 heavy (non-hydrogen) atoms. The maximum Gasteiger partial charge on any atom is 0.213 e. The van der Waals surface area contributed by atoms with Crippen LogP contribution in [0.2, 0.25) is 0 Å². The monoisotopic (exact) mass is 249 g/mol. The van der Waals surface area contributed by atoms with Crippen LogP contribution in [0.1, 0.15) is 11.4 Å². The molecule has 0 unspecified atom stereocenters. The first kappa shape index (κ1) is 12.4. The zero-order valence-electron chi connectivity index (χ0n) is 10.1. The minimum atomic E-state index is 0.224. The van der Waals surface area contributed by atoms with Gasteiger partial charge in [-0.1, -0.05) is 11.2 Å². The van der Waals surface area contributed by atoms with E-state index in [-0.39, 0.29) is 5.75 Å². The summed E-state index contributed by atoms with van der Waals surface area (Å²) in [5, 5.41) is 16.7. The Kier molecular flexibility index (Phi) is 4.14. The third-order valence-electron chi connectivity index (χ3n) is 2.54. The van der Waals surface area contributed by atoms with Crippen molar-refractivity contribution in [2.75, 3.05) is 13.7 Å². The van der Waals surface area contributed by atoms with Crippen LogP contribution in [0.4, 0.5) is 0 Å². The minimum absolute atomic E-state index is 0.224. The Morgan fingerprint density at radius 3 is 3.00 bits per heavy atom. The molecule has 0 saturated carbocycles. The fourth-order valence-corrected chi connectivity index (χ4v) is 1.55. The van der Waals surface area contributed by atoms with Gasteiger partial charge in [0.2, 0.25) is 6.39 Å². The van der Waals surface area contributed by atoms with E-state index in [1.54, 1.807) is 13.2 Å². The molecular formula is C12H15N3O3. The molecule has 1 heterocycles. The molecule has 6 nitrogen and oxygen atoms in total. The largest absolute Gasteiger partial charge is 0.507 e. The van der Waals surface area contributed by atoms with Gasteiger partial charge < -0.3 is 19.7 Å². The van der Waals surface area contributed by atoms with Crippen molar-refractivity contribution >= 4 is 0 Å². The summed E-state index contributed by atoms with van der Waals surface area (Å²) < 4.78 is 9.65. The summed E-state index contributed by atoms with van der Waals surface area (Å²) in [7, 11) is 1.57. The SMILES string of the molecule is COc1ccc(CNCCc2ncon2)c(O)c1. The van der Waals surface area contributed by atoms with Crippen LogP contribution in [-0.4, -0.2) is 28.9 Å². The third-order valence-corrected chi connectivity index (χ3v) is 2.54. The Bertz CT molecular complexity index is 485. The number of hydrogen-bond acceptors (Lipinski definition) is 6. The van der Waals surface area contributed by atoms with E-state index in [1.165, 1.54) is 6.39 Å². The zero-order valence-corrected chi connectivity index (χ0v) is 10.1. The van der Waals surface area contributed by atoms with Crippen LogP contribution in [0.5, 0.6) is 11.5 Å². The molecule has 0 atom stereocenters. The molecule has 0 amide bonds. The van der Waals surface area contributed by atoms with Gasteiger partial charge in [-0.2, -0.15) is 4.98 Å². The molecule has 0 radical (unpaired) electrons. The fourth-order valence-electron chi connectivity index (χ4n) is 1.55. The van der Waals surface area contributed by atoms with Crippen molar-refractivity contribution < 1.29 is 14.4 Å². The second-order valence-corrected chi connectivity index (χ2v) is 3.77. The zero-order chi connectivity index (χ0) is 12.8. The predicted molar refractivity (Wildman–Crippen MR) is 64.4 cm³/mol. The van der Waals surface area contributed by atoms with Crippen LogP contribution in [-0.2, 0) is 13.0 Å². The summed E-state index contributed by atoms with van der Waals surface area (Å²) in [6.45, 7) is 1.29. The van der Waals surface area contributed by atoms with E-state index in [4.69, 9.17) is 4.74 Å². The van der Waals surface area contributed by atoms with Gasteiger partial charge in [0.05, 0.1) is 7.11 Å². The van der Waals surface area contributed by atoms with Crippen LogP contribution in [0.3, 0.4) is 0 Å². The number of nitrogens with one attached hydrogen (secondary N) is 1. The van der Waals surface area contributed by atoms with Crippen molar-refractivity contribution in [1.29, 1.82) is 0 Å². The number of phenols is 1. The number of rotatable bonds is 6. The van der Waals surface area contributed by atoms with Crippen LogP contribution in [0, 0.1) is 0 Å². The molecule has 0 saturated heterocycles. The highest BCUT2D eigenvalue weighted by atomic mass is 16.5. The van der Waals surface area contributed by atoms with Gasteiger partial charge in [-0.15, -0.1) is 0 Å². The molecule has 0 fully saturated rings. The average molecular weight is 249 g/mol. The summed E-state index contributed by atoms with van der Waals surface area (Å²) in [4.78, 5) is 3.92. The van der Waals surface area contributed by atoms with Crippen molar-refractivity contribution in [3.05, 3.63) is 36.0 Å². The van der Waals surface area contributed by atoms with Crippen LogP contribution in [0.15, 0.2) is 29.1 Å². The highest BCUT2D eigenvalue weighted by Crippen LogP contribution is 2.22. The number of methoxy groups -OCH3 is 1. The first-order valence-electron chi connectivity index (χ1n) is 5.61. The lowest BCUT2D eigenvalue weighted by atomic mass is 10.2. The van der Waals surface area contributed by atoms with Gasteiger partial charge in [0.25, 0.3) is 0 Å². The van der Waals surface area contributed by atoms with Crippen molar-refractivity contribution in [2.24, 2.45) is 0 Å². The number of aromatic nitrogens is 2. The summed E-state index contributed by atoms with van der Waals surface area (Å²) >= 11 is 0. The molecule has 0 bridgehead atoms. The van der Waals surface area contributed by atoms with Crippen molar-refractivity contribution in [2.45, 2.75) is 13.0 Å². The Balaban J connectivity index is 1.79. The van der Waals surface area contributed by atoms with Crippen LogP contribution >= 0.6 is 0 Å². The maximum atomic E-state index is 9.75. The number of hydrogen-bond donors (Lipinski definition) is 2. The smallest absolute Gasteiger partial charge is 0.213 e. The van der Waals surface area contributed by atoms with E-state index >= 15 is 0 Å². The van der Waals surface area contributed by atoms with E-state index in [9.17, 15) is 5.11 Å². The van der Waals surface area contributed by atoms with Crippen molar-refractivity contribution in [3.63, 3.8) is 0 Å². The van der Waals surface area contributed by atoms with Gasteiger partial charge in [-0.05, 0) is 6.07 Å². The van der Waals surface area contributed by atoms with Crippen molar-refractivity contribution in [3.8, 4) is 11.5 Å². The summed E-state index contributed by atoms with van der Waals surface area (Å²) in [6.07, 6.45) is 2.00. The Morgan fingerprint density at radius 2 is 2.33 bits per heavy atom. The summed E-state index contributed by atoms with van der Waals surface area (Å²) in [6, 6.07) is 5.24. The quantitative estimate of drug-likeness (QED) is 0.747. The number of benzene rings is 1. The van der Waals surface area contributed by atoms with Gasteiger partial charge >= 0.3 is 0 Å². The fraction of sp³-hybridized carbons (Fsp3) is 0.333. The van der Waals surface area contributed by atoms with E-state index in [0.717, 1.165) is 5.56 Å².